The fraction of sp³-hybridized carbons (Fsp3) is 0.765. The number of amides is 2. The van der Waals surface area contributed by atoms with Crippen LogP contribution in [-0.4, -0.2) is 79.1 Å². The lowest BCUT2D eigenvalue weighted by Crippen LogP contribution is -2.46. The van der Waals surface area contributed by atoms with Gasteiger partial charge in [-0.1, -0.05) is 0 Å². The van der Waals surface area contributed by atoms with Crippen LogP contribution in [0.25, 0.3) is 0 Å². The van der Waals surface area contributed by atoms with Crippen LogP contribution in [0.5, 0.6) is 0 Å². The maximum Gasteiger partial charge on any atom is 0.317 e. The van der Waals surface area contributed by atoms with Gasteiger partial charge in [0.15, 0.2) is 0 Å². The second-order valence-corrected chi connectivity index (χ2v) is 7.51. The number of nitrogens with one attached hydrogen (secondary N) is 1. The Bertz CT molecular complexity index is 527. The molecule has 1 N–H and O–H groups in total. The Morgan fingerprint density at radius 1 is 1.46 bits per heavy atom. The lowest BCUT2D eigenvalue weighted by molar-refractivity contribution is 0.112. The first-order valence-electron chi connectivity index (χ1n) is 8.79. The average molecular weight is 335 g/mol. The maximum absolute atomic E-state index is 12.6. The molecule has 0 aromatic carbocycles. The van der Waals surface area contributed by atoms with Crippen LogP contribution >= 0.6 is 0 Å². The Balaban J connectivity index is 1.48. The quantitative estimate of drug-likeness (QED) is 0.838. The van der Waals surface area contributed by atoms with E-state index in [2.05, 4.69) is 29.4 Å². The van der Waals surface area contributed by atoms with E-state index in [1.54, 1.807) is 6.20 Å². The summed E-state index contributed by atoms with van der Waals surface area (Å²) in [5.41, 5.74) is 0.188. The standard InChI is InChI=1S/C17H29N5O2/c1-20(2)10-15-11-21(8-9-24-12-15)16(23)18-13-17(4-5-17)14-22-7-3-6-19-22/h3,6-7,15H,4-5,8-14H2,1-2H3,(H,18,23)/t15-/m1/s1. The molecule has 1 atom stereocenters. The van der Waals surface area contributed by atoms with Gasteiger partial charge in [0.1, 0.15) is 0 Å². The van der Waals surface area contributed by atoms with Gasteiger partial charge < -0.3 is 19.9 Å². The molecule has 1 aliphatic carbocycles. The first-order chi connectivity index (χ1) is 11.6. The third-order valence-corrected chi connectivity index (χ3v) is 4.88. The van der Waals surface area contributed by atoms with E-state index in [1.807, 2.05) is 21.8 Å². The number of urea groups is 1. The molecule has 7 nitrogen and oxygen atoms in total. The van der Waals surface area contributed by atoms with Crippen molar-refractivity contribution in [2.45, 2.75) is 19.4 Å². The molecule has 2 fully saturated rings. The van der Waals surface area contributed by atoms with Crippen LogP contribution in [0.4, 0.5) is 4.79 Å². The summed E-state index contributed by atoms with van der Waals surface area (Å²) < 4.78 is 7.62. The van der Waals surface area contributed by atoms with Gasteiger partial charge in [0, 0.05) is 56.5 Å². The average Bonchev–Trinajstić information content (AvgIpc) is 3.19. The van der Waals surface area contributed by atoms with Crippen molar-refractivity contribution in [3.05, 3.63) is 18.5 Å². The normalized spacial score (nSPS) is 23.1. The van der Waals surface area contributed by atoms with Gasteiger partial charge in [-0.15, -0.1) is 0 Å². The van der Waals surface area contributed by atoms with E-state index in [4.69, 9.17) is 4.74 Å². The van der Waals surface area contributed by atoms with E-state index in [9.17, 15) is 4.79 Å². The molecule has 7 heteroatoms. The number of nitrogens with zero attached hydrogens (tertiary/aromatic N) is 4. The minimum Gasteiger partial charge on any atom is -0.379 e. The Morgan fingerprint density at radius 3 is 2.96 bits per heavy atom. The van der Waals surface area contributed by atoms with Crippen molar-refractivity contribution in [1.29, 1.82) is 0 Å². The maximum atomic E-state index is 12.6. The molecule has 1 saturated heterocycles. The van der Waals surface area contributed by atoms with Crippen molar-refractivity contribution in [2.24, 2.45) is 11.3 Å². The number of aromatic nitrogens is 2. The molecular weight excluding hydrogens is 306 g/mol. The predicted molar refractivity (Wildman–Crippen MR) is 91.7 cm³/mol. The summed E-state index contributed by atoms with van der Waals surface area (Å²) in [5, 5.41) is 7.43. The molecule has 1 aromatic rings. The Morgan fingerprint density at radius 2 is 2.29 bits per heavy atom. The first kappa shape index (κ1) is 17.2. The van der Waals surface area contributed by atoms with Crippen LogP contribution in [0.15, 0.2) is 18.5 Å². The smallest absolute Gasteiger partial charge is 0.317 e. The molecule has 1 saturated carbocycles. The Kier molecular flexibility index (Phi) is 5.40. The zero-order chi connectivity index (χ0) is 17.0. The monoisotopic (exact) mass is 335 g/mol. The molecule has 0 radical (unpaired) electrons. The summed E-state index contributed by atoms with van der Waals surface area (Å²) in [7, 11) is 4.11. The Labute approximate surface area is 143 Å². The van der Waals surface area contributed by atoms with E-state index in [0.29, 0.717) is 19.1 Å². The Hall–Kier alpha value is -1.60. The minimum absolute atomic E-state index is 0.0380. The number of carbonyl (C=O) groups excluding carboxylic acids is 1. The molecule has 24 heavy (non-hydrogen) atoms. The highest BCUT2D eigenvalue weighted by atomic mass is 16.5. The molecule has 1 aromatic heterocycles. The van der Waals surface area contributed by atoms with Gasteiger partial charge in [0.05, 0.1) is 13.2 Å². The van der Waals surface area contributed by atoms with Gasteiger partial charge in [-0.2, -0.15) is 5.10 Å². The molecule has 3 rings (SSSR count). The summed E-state index contributed by atoms with van der Waals surface area (Å²) >= 11 is 0. The van der Waals surface area contributed by atoms with Gasteiger partial charge in [0.2, 0.25) is 0 Å². The molecule has 0 bridgehead atoms. The van der Waals surface area contributed by atoms with Crippen molar-refractivity contribution in [3.8, 4) is 0 Å². The lowest BCUT2D eigenvalue weighted by atomic mass is 10.1. The molecule has 2 amide bonds. The highest BCUT2D eigenvalue weighted by Crippen LogP contribution is 2.46. The van der Waals surface area contributed by atoms with Crippen LogP contribution in [0, 0.1) is 11.3 Å². The SMILES string of the molecule is CN(C)C[C@H]1COCCN(C(=O)NCC2(Cn3cccn3)CC2)C1. The topological polar surface area (TPSA) is 62.6 Å². The third-order valence-electron chi connectivity index (χ3n) is 4.88. The second-order valence-electron chi connectivity index (χ2n) is 7.51. The van der Waals surface area contributed by atoms with Gasteiger partial charge in [-0.25, -0.2) is 4.79 Å². The van der Waals surface area contributed by atoms with E-state index in [0.717, 1.165) is 45.6 Å². The lowest BCUT2D eigenvalue weighted by Gasteiger charge is -2.26. The highest BCUT2D eigenvalue weighted by Gasteiger charge is 2.43. The van der Waals surface area contributed by atoms with Gasteiger partial charge >= 0.3 is 6.03 Å². The molecule has 2 aliphatic rings. The van der Waals surface area contributed by atoms with Gasteiger partial charge in [-0.3, -0.25) is 4.68 Å². The van der Waals surface area contributed by atoms with Crippen molar-refractivity contribution in [2.75, 3.05) is 53.5 Å². The number of carbonyl (C=O) groups is 1. The van der Waals surface area contributed by atoms with E-state index in [1.165, 1.54) is 0 Å². The summed E-state index contributed by atoms with van der Waals surface area (Å²) in [6.07, 6.45) is 6.09. The van der Waals surface area contributed by atoms with Gasteiger partial charge in [0.25, 0.3) is 0 Å². The summed E-state index contributed by atoms with van der Waals surface area (Å²) in [6.45, 7) is 5.32. The van der Waals surface area contributed by atoms with Crippen LogP contribution in [-0.2, 0) is 11.3 Å². The van der Waals surface area contributed by atoms with Crippen LogP contribution in [0.1, 0.15) is 12.8 Å². The van der Waals surface area contributed by atoms with Crippen LogP contribution in [0.2, 0.25) is 0 Å². The fourth-order valence-corrected chi connectivity index (χ4v) is 3.37. The number of hydrogen-bond acceptors (Lipinski definition) is 4. The largest absolute Gasteiger partial charge is 0.379 e. The minimum atomic E-state index is 0.0380. The number of ether oxygens (including phenoxy) is 1. The van der Waals surface area contributed by atoms with Crippen LogP contribution < -0.4 is 5.32 Å². The molecule has 1 aliphatic heterocycles. The molecule has 2 heterocycles. The molecular formula is C17H29N5O2. The summed E-state index contributed by atoms with van der Waals surface area (Å²) in [6, 6.07) is 1.98. The number of hydrogen-bond donors (Lipinski definition) is 1. The van der Waals surface area contributed by atoms with E-state index in [-0.39, 0.29) is 11.4 Å². The zero-order valence-electron chi connectivity index (χ0n) is 14.8. The van der Waals surface area contributed by atoms with Crippen molar-refractivity contribution < 1.29 is 9.53 Å². The van der Waals surface area contributed by atoms with Crippen molar-refractivity contribution >= 4 is 6.03 Å². The van der Waals surface area contributed by atoms with Crippen molar-refractivity contribution in [3.63, 3.8) is 0 Å². The molecule has 0 unspecified atom stereocenters. The first-order valence-corrected chi connectivity index (χ1v) is 8.79. The predicted octanol–water partition coefficient (Wildman–Crippen LogP) is 0.883. The summed E-state index contributed by atoms with van der Waals surface area (Å²) in [4.78, 5) is 16.6. The number of rotatable bonds is 6. The highest BCUT2D eigenvalue weighted by molar-refractivity contribution is 5.74. The zero-order valence-corrected chi connectivity index (χ0v) is 14.8. The van der Waals surface area contributed by atoms with E-state index < -0.39 is 0 Å². The van der Waals surface area contributed by atoms with Crippen molar-refractivity contribution in [1.82, 2.24) is 24.9 Å². The third kappa shape index (κ3) is 4.70. The van der Waals surface area contributed by atoms with Crippen LogP contribution in [0.3, 0.4) is 0 Å². The molecule has 0 spiro atoms. The fourth-order valence-electron chi connectivity index (χ4n) is 3.37. The summed E-state index contributed by atoms with van der Waals surface area (Å²) in [5.74, 6) is 0.368. The second kappa shape index (κ2) is 7.53. The van der Waals surface area contributed by atoms with Gasteiger partial charge in [-0.05, 0) is 33.0 Å². The molecule has 134 valence electrons. The van der Waals surface area contributed by atoms with E-state index >= 15 is 0 Å².